The van der Waals surface area contributed by atoms with Crippen LogP contribution in [0.3, 0.4) is 0 Å². The molecule has 2 unspecified atom stereocenters. The van der Waals surface area contributed by atoms with Gasteiger partial charge >= 0.3 is 0 Å². The van der Waals surface area contributed by atoms with Crippen molar-refractivity contribution in [2.45, 2.75) is 59.2 Å². The number of aryl methyl sites for hydroxylation is 1. The first-order valence-electron chi connectivity index (χ1n) is 10.7. The first-order chi connectivity index (χ1) is 14.4. The molecule has 2 heterocycles. The van der Waals surface area contributed by atoms with E-state index in [4.69, 9.17) is 0 Å². The Labute approximate surface area is 183 Å². The minimum Gasteiger partial charge on any atom is -0.350 e. The summed E-state index contributed by atoms with van der Waals surface area (Å²) in [5.41, 5.74) is 5.07. The van der Waals surface area contributed by atoms with Crippen LogP contribution < -0.4 is 10.6 Å². The zero-order valence-corrected chi connectivity index (χ0v) is 19.1. The van der Waals surface area contributed by atoms with Gasteiger partial charge in [-0.15, -0.1) is 11.3 Å². The maximum absolute atomic E-state index is 13.0. The SMILES string of the molecule is CCNC(C(=O)N1CCCC1C(=O)NCc1ccc(-c2scnc2C)cc1)C(C)C. The lowest BCUT2D eigenvalue weighted by atomic mass is 10.0. The van der Waals surface area contributed by atoms with Gasteiger partial charge < -0.3 is 15.5 Å². The summed E-state index contributed by atoms with van der Waals surface area (Å²) in [6.45, 7) is 9.92. The fourth-order valence-electron chi connectivity index (χ4n) is 3.97. The Hall–Kier alpha value is -2.25. The third kappa shape index (κ3) is 5.08. The molecule has 3 rings (SSSR count). The number of amides is 2. The summed E-state index contributed by atoms with van der Waals surface area (Å²) in [5.74, 6) is 0.151. The van der Waals surface area contributed by atoms with Gasteiger partial charge in [-0.05, 0) is 43.4 Å². The van der Waals surface area contributed by atoms with E-state index in [2.05, 4.69) is 27.8 Å². The molecule has 2 aromatic rings. The number of benzene rings is 1. The standard InChI is InChI=1S/C23H32N4O2S/c1-5-24-20(15(2)3)23(29)27-12-6-7-19(27)22(28)25-13-17-8-10-18(11-9-17)21-16(4)26-14-30-21/h8-11,14-15,19-20,24H,5-7,12-13H2,1-4H3,(H,25,28). The van der Waals surface area contributed by atoms with Crippen molar-refractivity contribution in [2.75, 3.05) is 13.1 Å². The van der Waals surface area contributed by atoms with Crippen LogP contribution in [0.15, 0.2) is 29.8 Å². The normalized spacial score (nSPS) is 17.4. The number of nitrogens with one attached hydrogen (secondary N) is 2. The highest BCUT2D eigenvalue weighted by molar-refractivity contribution is 7.13. The fraction of sp³-hybridized carbons (Fsp3) is 0.522. The number of carbonyl (C=O) groups is 2. The second-order valence-electron chi connectivity index (χ2n) is 8.15. The molecule has 2 atom stereocenters. The molecule has 1 aliphatic heterocycles. The zero-order chi connectivity index (χ0) is 21.7. The molecule has 6 nitrogen and oxygen atoms in total. The van der Waals surface area contributed by atoms with Gasteiger partial charge in [-0.25, -0.2) is 4.98 Å². The second kappa shape index (κ2) is 10.2. The number of nitrogens with zero attached hydrogens (tertiary/aromatic N) is 2. The molecule has 0 spiro atoms. The van der Waals surface area contributed by atoms with Gasteiger partial charge in [0.05, 0.1) is 22.1 Å². The average Bonchev–Trinajstić information content (AvgIpc) is 3.39. The summed E-state index contributed by atoms with van der Waals surface area (Å²) in [5, 5.41) is 6.30. The molecule has 2 N–H and O–H groups in total. The topological polar surface area (TPSA) is 74.3 Å². The van der Waals surface area contributed by atoms with Crippen LogP contribution >= 0.6 is 11.3 Å². The number of rotatable bonds is 8. The number of thiazole rings is 1. The molecular formula is C23H32N4O2S. The maximum Gasteiger partial charge on any atom is 0.243 e. The van der Waals surface area contributed by atoms with Crippen molar-refractivity contribution >= 4 is 23.2 Å². The lowest BCUT2D eigenvalue weighted by molar-refractivity contribution is -0.140. The Bertz CT molecular complexity index is 862. The Kier molecular flexibility index (Phi) is 7.61. The Balaban J connectivity index is 1.60. The highest BCUT2D eigenvalue weighted by Gasteiger charge is 2.37. The van der Waals surface area contributed by atoms with Crippen LogP contribution in [0.1, 0.15) is 44.9 Å². The summed E-state index contributed by atoms with van der Waals surface area (Å²) in [6.07, 6.45) is 1.59. The van der Waals surface area contributed by atoms with Gasteiger partial charge in [0.15, 0.2) is 0 Å². The number of hydrogen-bond acceptors (Lipinski definition) is 5. The number of hydrogen-bond donors (Lipinski definition) is 2. The summed E-state index contributed by atoms with van der Waals surface area (Å²) in [4.78, 5) is 33.1. The molecule has 1 saturated heterocycles. The largest absolute Gasteiger partial charge is 0.350 e. The van der Waals surface area contributed by atoms with E-state index in [1.165, 1.54) is 4.88 Å². The van der Waals surface area contributed by atoms with Gasteiger partial charge in [-0.2, -0.15) is 0 Å². The van der Waals surface area contributed by atoms with Crippen molar-refractivity contribution in [1.82, 2.24) is 20.5 Å². The van der Waals surface area contributed by atoms with Crippen molar-refractivity contribution in [3.05, 3.63) is 41.0 Å². The smallest absolute Gasteiger partial charge is 0.243 e. The molecule has 30 heavy (non-hydrogen) atoms. The molecule has 0 aliphatic carbocycles. The van der Waals surface area contributed by atoms with E-state index in [1.54, 1.807) is 16.2 Å². The van der Waals surface area contributed by atoms with Crippen molar-refractivity contribution in [3.63, 3.8) is 0 Å². The summed E-state index contributed by atoms with van der Waals surface area (Å²) < 4.78 is 0. The Morgan fingerprint density at radius 3 is 2.60 bits per heavy atom. The van der Waals surface area contributed by atoms with Crippen LogP contribution in [-0.4, -0.2) is 46.9 Å². The van der Waals surface area contributed by atoms with Crippen LogP contribution in [0.4, 0.5) is 0 Å². The van der Waals surface area contributed by atoms with Crippen molar-refractivity contribution < 1.29 is 9.59 Å². The molecular weight excluding hydrogens is 396 g/mol. The van der Waals surface area contributed by atoms with Gasteiger partial charge in [0, 0.05) is 13.1 Å². The average molecular weight is 429 g/mol. The maximum atomic E-state index is 13.0. The summed E-state index contributed by atoms with van der Waals surface area (Å²) >= 11 is 1.63. The van der Waals surface area contributed by atoms with Crippen LogP contribution in [0.25, 0.3) is 10.4 Å². The van der Waals surface area contributed by atoms with Gasteiger partial charge in [-0.3, -0.25) is 9.59 Å². The molecule has 7 heteroatoms. The molecule has 0 radical (unpaired) electrons. The highest BCUT2D eigenvalue weighted by atomic mass is 32.1. The second-order valence-corrected chi connectivity index (χ2v) is 9.01. The molecule has 1 aromatic heterocycles. The molecule has 1 aromatic carbocycles. The predicted octanol–water partition coefficient (Wildman–Crippen LogP) is 3.36. The van der Waals surface area contributed by atoms with Crippen LogP contribution in [0.2, 0.25) is 0 Å². The van der Waals surface area contributed by atoms with E-state index >= 15 is 0 Å². The van der Waals surface area contributed by atoms with Crippen molar-refractivity contribution in [3.8, 4) is 10.4 Å². The van der Waals surface area contributed by atoms with Gasteiger partial charge in [0.1, 0.15) is 6.04 Å². The lowest BCUT2D eigenvalue weighted by Crippen LogP contribution is -2.54. The third-order valence-electron chi connectivity index (χ3n) is 5.62. The molecule has 0 bridgehead atoms. The Morgan fingerprint density at radius 1 is 1.27 bits per heavy atom. The fourth-order valence-corrected chi connectivity index (χ4v) is 4.78. The van der Waals surface area contributed by atoms with Gasteiger partial charge in [0.25, 0.3) is 0 Å². The first-order valence-corrected chi connectivity index (χ1v) is 11.6. The van der Waals surface area contributed by atoms with E-state index in [0.717, 1.165) is 36.2 Å². The number of likely N-dealkylation sites (N-methyl/N-ethyl adjacent to an activating group) is 1. The van der Waals surface area contributed by atoms with Crippen molar-refractivity contribution in [2.24, 2.45) is 5.92 Å². The molecule has 1 aliphatic rings. The lowest BCUT2D eigenvalue weighted by Gasteiger charge is -2.30. The van der Waals surface area contributed by atoms with E-state index in [-0.39, 0.29) is 29.8 Å². The number of carbonyl (C=O) groups excluding carboxylic acids is 2. The Morgan fingerprint density at radius 2 is 2.00 bits per heavy atom. The minimum atomic E-state index is -0.378. The molecule has 1 fully saturated rings. The van der Waals surface area contributed by atoms with E-state index in [1.807, 2.05) is 45.3 Å². The summed E-state index contributed by atoms with van der Waals surface area (Å²) in [7, 11) is 0. The van der Waals surface area contributed by atoms with Crippen molar-refractivity contribution in [1.29, 1.82) is 0 Å². The highest BCUT2D eigenvalue weighted by Crippen LogP contribution is 2.27. The third-order valence-corrected chi connectivity index (χ3v) is 6.60. The molecule has 162 valence electrons. The monoisotopic (exact) mass is 428 g/mol. The number of aromatic nitrogens is 1. The van der Waals surface area contributed by atoms with Crippen LogP contribution in [-0.2, 0) is 16.1 Å². The minimum absolute atomic E-state index is 0.0359. The van der Waals surface area contributed by atoms with Gasteiger partial charge in [-0.1, -0.05) is 45.0 Å². The van der Waals surface area contributed by atoms with E-state index in [0.29, 0.717) is 13.1 Å². The van der Waals surface area contributed by atoms with Gasteiger partial charge in [0.2, 0.25) is 11.8 Å². The molecule has 2 amide bonds. The first kappa shape index (κ1) is 22.4. The zero-order valence-electron chi connectivity index (χ0n) is 18.3. The quantitative estimate of drug-likeness (QED) is 0.676. The molecule has 0 saturated carbocycles. The van der Waals surface area contributed by atoms with Crippen LogP contribution in [0.5, 0.6) is 0 Å². The number of likely N-dealkylation sites (tertiary alicyclic amines) is 1. The van der Waals surface area contributed by atoms with Crippen LogP contribution in [0, 0.1) is 12.8 Å². The van der Waals surface area contributed by atoms with E-state index in [9.17, 15) is 9.59 Å². The predicted molar refractivity (Wildman–Crippen MR) is 121 cm³/mol. The van der Waals surface area contributed by atoms with E-state index < -0.39 is 0 Å². The summed E-state index contributed by atoms with van der Waals surface area (Å²) in [6, 6.07) is 7.58.